The summed E-state index contributed by atoms with van der Waals surface area (Å²) in [6.45, 7) is 2.71. The molecule has 0 N–H and O–H groups in total. The Morgan fingerprint density at radius 1 is 1.06 bits per heavy atom. The van der Waals surface area contributed by atoms with Crippen LogP contribution >= 0.6 is 11.6 Å². The number of benzene rings is 2. The van der Waals surface area contributed by atoms with Crippen molar-refractivity contribution in [3.8, 4) is 16.9 Å². The maximum Gasteiger partial charge on any atom is 0.127 e. The molecule has 1 nitrogen and oxygen atoms in total. The zero-order valence-corrected chi connectivity index (χ0v) is 9.71. The molecule has 0 spiro atoms. The summed E-state index contributed by atoms with van der Waals surface area (Å²) in [5.41, 5.74) is 4.76. The summed E-state index contributed by atoms with van der Waals surface area (Å²) in [7, 11) is 0. The fraction of sp³-hybridized carbons (Fsp3) is 0.143. The summed E-state index contributed by atoms with van der Waals surface area (Å²) in [4.78, 5) is 0. The molecule has 1 aliphatic heterocycles. The van der Waals surface area contributed by atoms with Crippen molar-refractivity contribution in [3.05, 3.63) is 52.5 Å². The fourth-order valence-electron chi connectivity index (χ4n) is 2.06. The van der Waals surface area contributed by atoms with Gasteiger partial charge in [0.2, 0.25) is 0 Å². The van der Waals surface area contributed by atoms with Crippen molar-refractivity contribution in [2.45, 2.75) is 13.5 Å². The Morgan fingerprint density at radius 2 is 1.94 bits per heavy atom. The van der Waals surface area contributed by atoms with Crippen LogP contribution in [0.4, 0.5) is 0 Å². The molecule has 0 radical (unpaired) electrons. The van der Waals surface area contributed by atoms with Gasteiger partial charge in [-0.25, -0.2) is 0 Å². The predicted molar refractivity (Wildman–Crippen MR) is 66.0 cm³/mol. The number of rotatable bonds is 0. The lowest BCUT2D eigenvalue weighted by Gasteiger charge is -2.21. The molecular formula is C14H11ClO. The smallest absolute Gasteiger partial charge is 0.127 e. The van der Waals surface area contributed by atoms with Gasteiger partial charge in [-0.3, -0.25) is 0 Å². The Kier molecular flexibility index (Phi) is 2.15. The molecule has 1 heterocycles. The summed E-state index contributed by atoms with van der Waals surface area (Å²) in [6.07, 6.45) is 0. The van der Waals surface area contributed by atoms with E-state index in [1.54, 1.807) is 0 Å². The van der Waals surface area contributed by atoms with Crippen LogP contribution < -0.4 is 4.74 Å². The average molecular weight is 231 g/mol. The molecule has 0 aliphatic carbocycles. The van der Waals surface area contributed by atoms with E-state index >= 15 is 0 Å². The van der Waals surface area contributed by atoms with E-state index in [-0.39, 0.29) is 0 Å². The minimum atomic E-state index is 0.628. The van der Waals surface area contributed by atoms with E-state index in [2.05, 4.69) is 19.1 Å². The van der Waals surface area contributed by atoms with Crippen LogP contribution in [0.1, 0.15) is 11.1 Å². The molecule has 3 rings (SSSR count). The van der Waals surface area contributed by atoms with Gasteiger partial charge in [0.1, 0.15) is 12.4 Å². The van der Waals surface area contributed by atoms with Crippen molar-refractivity contribution in [3.63, 3.8) is 0 Å². The van der Waals surface area contributed by atoms with Crippen LogP contribution in [0, 0.1) is 6.92 Å². The largest absolute Gasteiger partial charge is 0.488 e. The Balaban J connectivity index is 2.28. The molecular weight excluding hydrogens is 220 g/mol. The van der Waals surface area contributed by atoms with Crippen LogP contribution in [-0.4, -0.2) is 0 Å². The summed E-state index contributed by atoms with van der Waals surface area (Å²) in [6, 6.07) is 12.2. The minimum absolute atomic E-state index is 0.628. The Labute approximate surface area is 99.6 Å². The lowest BCUT2D eigenvalue weighted by Crippen LogP contribution is -2.05. The maximum atomic E-state index is 6.04. The summed E-state index contributed by atoms with van der Waals surface area (Å²) < 4.78 is 5.70. The Bertz CT molecular complexity index is 509. The van der Waals surface area contributed by atoms with E-state index < -0.39 is 0 Å². The summed E-state index contributed by atoms with van der Waals surface area (Å²) in [5.74, 6) is 0.945. The zero-order chi connectivity index (χ0) is 11.1. The van der Waals surface area contributed by atoms with E-state index in [4.69, 9.17) is 16.3 Å². The van der Waals surface area contributed by atoms with Crippen molar-refractivity contribution in [1.82, 2.24) is 0 Å². The molecule has 80 valence electrons. The molecule has 0 amide bonds. The third kappa shape index (κ3) is 1.48. The Hall–Kier alpha value is -1.47. The highest BCUT2D eigenvalue weighted by Gasteiger charge is 2.17. The highest BCUT2D eigenvalue weighted by atomic mass is 35.5. The fourth-order valence-corrected chi connectivity index (χ4v) is 2.23. The molecule has 0 saturated heterocycles. The van der Waals surface area contributed by atoms with Crippen molar-refractivity contribution in [2.24, 2.45) is 0 Å². The first-order valence-corrected chi connectivity index (χ1v) is 5.64. The summed E-state index contributed by atoms with van der Waals surface area (Å²) >= 11 is 6.04. The van der Waals surface area contributed by atoms with Gasteiger partial charge >= 0.3 is 0 Å². The first kappa shape index (κ1) is 9.73. The van der Waals surface area contributed by atoms with E-state index in [1.165, 1.54) is 16.7 Å². The topological polar surface area (TPSA) is 9.23 Å². The van der Waals surface area contributed by atoms with Gasteiger partial charge in [0.15, 0.2) is 0 Å². The van der Waals surface area contributed by atoms with Gasteiger partial charge in [0.25, 0.3) is 0 Å². The molecule has 0 unspecified atom stereocenters. The van der Waals surface area contributed by atoms with E-state index in [1.807, 2.05) is 24.3 Å². The van der Waals surface area contributed by atoms with Gasteiger partial charge in [-0.2, -0.15) is 0 Å². The van der Waals surface area contributed by atoms with Crippen LogP contribution in [-0.2, 0) is 6.61 Å². The monoisotopic (exact) mass is 230 g/mol. The molecule has 0 atom stereocenters. The van der Waals surface area contributed by atoms with Crippen LogP contribution in [0.3, 0.4) is 0 Å². The highest BCUT2D eigenvalue weighted by Crippen LogP contribution is 2.38. The normalized spacial score (nSPS) is 12.6. The Morgan fingerprint density at radius 3 is 2.81 bits per heavy atom. The standard InChI is InChI=1S/C14H11ClO/c1-9-2-5-14-13(6-9)12-7-11(15)4-3-10(12)8-16-14/h2-7H,8H2,1H3. The summed E-state index contributed by atoms with van der Waals surface area (Å²) in [5, 5.41) is 0.771. The third-order valence-corrected chi connectivity index (χ3v) is 3.12. The molecule has 16 heavy (non-hydrogen) atoms. The van der Waals surface area contributed by atoms with E-state index in [0.29, 0.717) is 6.61 Å². The second-order valence-electron chi connectivity index (χ2n) is 4.09. The number of hydrogen-bond donors (Lipinski definition) is 0. The minimum Gasteiger partial charge on any atom is -0.488 e. The van der Waals surface area contributed by atoms with Crippen LogP contribution in [0.2, 0.25) is 5.02 Å². The van der Waals surface area contributed by atoms with Crippen LogP contribution in [0.5, 0.6) is 5.75 Å². The second-order valence-corrected chi connectivity index (χ2v) is 4.53. The van der Waals surface area contributed by atoms with E-state index in [9.17, 15) is 0 Å². The number of halogens is 1. The van der Waals surface area contributed by atoms with Crippen LogP contribution in [0.15, 0.2) is 36.4 Å². The quantitative estimate of drug-likeness (QED) is 0.659. The average Bonchev–Trinajstić information content (AvgIpc) is 2.29. The van der Waals surface area contributed by atoms with Crippen molar-refractivity contribution in [2.75, 3.05) is 0 Å². The van der Waals surface area contributed by atoms with Crippen molar-refractivity contribution in [1.29, 1.82) is 0 Å². The SMILES string of the molecule is Cc1ccc2c(c1)-c1cc(Cl)ccc1CO2. The van der Waals surface area contributed by atoms with Gasteiger partial charge < -0.3 is 4.74 Å². The van der Waals surface area contributed by atoms with Gasteiger partial charge in [0, 0.05) is 10.6 Å². The zero-order valence-electron chi connectivity index (χ0n) is 8.96. The lowest BCUT2D eigenvalue weighted by atomic mass is 9.96. The van der Waals surface area contributed by atoms with Crippen molar-refractivity contribution < 1.29 is 4.74 Å². The van der Waals surface area contributed by atoms with Gasteiger partial charge in [0.05, 0.1) is 0 Å². The second kappa shape index (κ2) is 3.53. The highest BCUT2D eigenvalue weighted by molar-refractivity contribution is 6.30. The van der Waals surface area contributed by atoms with Crippen LogP contribution in [0.25, 0.3) is 11.1 Å². The number of aryl methyl sites for hydroxylation is 1. The van der Waals surface area contributed by atoms with Gasteiger partial charge in [-0.05, 0) is 42.3 Å². The molecule has 2 heteroatoms. The van der Waals surface area contributed by atoms with Gasteiger partial charge in [-0.1, -0.05) is 29.3 Å². The molecule has 2 aromatic rings. The third-order valence-electron chi connectivity index (χ3n) is 2.88. The number of ether oxygens (including phenoxy) is 1. The molecule has 1 aliphatic rings. The predicted octanol–water partition coefficient (Wildman–Crippen LogP) is 4.21. The molecule has 0 bridgehead atoms. The van der Waals surface area contributed by atoms with E-state index in [0.717, 1.165) is 16.3 Å². The maximum absolute atomic E-state index is 6.04. The first-order chi connectivity index (χ1) is 7.74. The first-order valence-electron chi connectivity index (χ1n) is 5.26. The molecule has 0 fully saturated rings. The molecule has 0 aromatic heterocycles. The number of fused-ring (bicyclic) bond motifs is 3. The lowest BCUT2D eigenvalue weighted by molar-refractivity contribution is 0.302. The van der Waals surface area contributed by atoms with Crippen molar-refractivity contribution >= 4 is 11.6 Å². The molecule has 2 aromatic carbocycles. The number of hydrogen-bond acceptors (Lipinski definition) is 1. The molecule has 0 saturated carbocycles. The van der Waals surface area contributed by atoms with Gasteiger partial charge in [-0.15, -0.1) is 0 Å².